The van der Waals surface area contributed by atoms with Gasteiger partial charge in [0.1, 0.15) is 6.54 Å². The maximum atomic E-state index is 12.2. The zero-order valence-electron chi connectivity index (χ0n) is 11.5. The lowest BCUT2D eigenvalue weighted by atomic mass is 10.2. The van der Waals surface area contributed by atoms with Gasteiger partial charge in [-0.05, 0) is 6.92 Å². The summed E-state index contributed by atoms with van der Waals surface area (Å²) >= 11 is 0. The standard InChI is InChI=1S/C12H16N4O4.ClH/c1-9-6-13-4-5-15(9)12(18)8-14-7-10(16(19)20)2-3-11(14)17;/h2-3,7,9,13H,4-6,8H2,1H3;1H/t9-;/m0./s1. The van der Waals surface area contributed by atoms with Crippen LogP contribution in [0.4, 0.5) is 5.69 Å². The largest absolute Gasteiger partial charge is 0.336 e. The lowest BCUT2D eigenvalue weighted by Gasteiger charge is -2.34. The first-order chi connectivity index (χ1) is 9.49. The fraction of sp³-hybridized carbons (Fsp3) is 0.500. The van der Waals surface area contributed by atoms with Gasteiger partial charge in [0.05, 0.1) is 11.1 Å². The predicted octanol–water partition coefficient (Wildman–Crippen LogP) is -0.00140. The first kappa shape index (κ1) is 17.1. The van der Waals surface area contributed by atoms with Crippen molar-refractivity contribution < 1.29 is 9.72 Å². The van der Waals surface area contributed by atoms with E-state index in [0.717, 1.165) is 22.9 Å². The van der Waals surface area contributed by atoms with Crippen LogP contribution in [0.5, 0.6) is 0 Å². The molecular formula is C12H17ClN4O4. The normalized spacial score (nSPS) is 18.0. The number of carbonyl (C=O) groups excluding carboxylic acids is 1. The van der Waals surface area contributed by atoms with E-state index in [2.05, 4.69) is 5.32 Å². The first-order valence-electron chi connectivity index (χ1n) is 6.34. The van der Waals surface area contributed by atoms with Crippen LogP contribution >= 0.6 is 12.4 Å². The van der Waals surface area contributed by atoms with Gasteiger partial charge in [0.2, 0.25) is 5.91 Å². The second-order valence-corrected chi connectivity index (χ2v) is 4.75. The van der Waals surface area contributed by atoms with Crippen LogP contribution in [0.25, 0.3) is 0 Å². The summed E-state index contributed by atoms with van der Waals surface area (Å²) in [5, 5.41) is 13.9. The van der Waals surface area contributed by atoms with E-state index in [1.54, 1.807) is 4.90 Å². The van der Waals surface area contributed by atoms with Gasteiger partial charge in [-0.1, -0.05) is 0 Å². The number of amides is 1. The monoisotopic (exact) mass is 316 g/mol. The Morgan fingerprint density at radius 3 is 2.86 bits per heavy atom. The number of pyridine rings is 1. The highest BCUT2D eigenvalue weighted by atomic mass is 35.5. The first-order valence-corrected chi connectivity index (χ1v) is 6.34. The summed E-state index contributed by atoms with van der Waals surface area (Å²) in [5.41, 5.74) is -0.627. The van der Waals surface area contributed by atoms with Crippen LogP contribution in [0.1, 0.15) is 6.92 Å². The van der Waals surface area contributed by atoms with E-state index in [0.29, 0.717) is 19.6 Å². The number of nitrogens with one attached hydrogen (secondary N) is 1. The maximum absolute atomic E-state index is 12.2. The molecule has 1 fully saturated rings. The second-order valence-electron chi connectivity index (χ2n) is 4.75. The van der Waals surface area contributed by atoms with Crippen LogP contribution in [0, 0.1) is 10.1 Å². The van der Waals surface area contributed by atoms with Gasteiger partial charge in [0, 0.05) is 37.8 Å². The minimum Gasteiger partial charge on any atom is -0.336 e. The molecule has 0 radical (unpaired) electrons. The van der Waals surface area contributed by atoms with Gasteiger partial charge in [0.25, 0.3) is 11.2 Å². The molecule has 0 bridgehead atoms. The molecule has 0 spiro atoms. The molecule has 2 rings (SSSR count). The summed E-state index contributed by atoms with van der Waals surface area (Å²) in [4.78, 5) is 35.6. The molecule has 1 aromatic rings. The fourth-order valence-electron chi connectivity index (χ4n) is 2.20. The van der Waals surface area contributed by atoms with Crippen LogP contribution in [0.15, 0.2) is 23.1 Å². The maximum Gasteiger partial charge on any atom is 0.285 e. The van der Waals surface area contributed by atoms with Crippen LogP contribution in [0.3, 0.4) is 0 Å². The van der Waals surface area contributed by atoms with E-state index in [-0.39, 0.29) is 36.6 Å². The van der Waals surface area contributed by atoms with E-state index in [9.17, 15) is 19.7 Å². The molecule has 0 aliphatic carbocycles. The Morgan fingerprint density at radius 1 is 1.52 bits per heavy atom. The molecule has 8 nitrogen and oxygen atoms in total. The van der Waals surface area contributed by atoms with Crippen molar-refractivity contribution in [1.82, 2.24) is 14.8 Å². The second kappa shape index (κ2) is 7.19. The molecule has 0 aromatic carbocycles. The summed E-state index contributed by atoms with van der Waals surface area (Å²) in [7, 11) is 0. The summed E-state index contributed by atoms with van der Waals surface area (Å²) in [5.74, 6) is -0.207. The lowest BCUT2D eigenvalue weighted by molar-refractivity contribution is -0.385. The van der Waals surface area contributed by atoms with Gasteiger partial charge in [-0.25, -0.2) is 0 Å². The highest BCUT2D eigenvalue weighted by molar-refractivity contribution is 5.85. The fourth-order valence-corrected chi connectivity index (χ4v) is 2.20. The molecule has 21 heavy (non-hydrogen) atoms. The summed E-state index contributed by atoms with van der Waals surface area (Å²) in [6.45, 7) is 3.73. The molecule has 1 N–H and O–H groups in total. The molecule has 0 unspecified atom stereocenters. The lowest BCUT2D eigenvalue weighted by Crippen LogP contribution is -2.53. The van der Waals surface area contributed by atoms with E-state index in [1.807, 2.05) is 6.92 Å². The number of piperazine rings is 1. The van der Waals surface area contributed by atoms with Crippen molar-refractivity contribution in [3.63, 3.8) is 0 Å². The highest BCUT2D eigenvalue weighted by Gasteiger charge is 2.23. The molecule has 1 aromatic heterocycles. The van der Waals surface area contributed by atoms with E-state index >= 15 is 0 Å². The zero-order chi connectivity index (χ0) is 14.7. The number of hydrogen-bond donors (Lipinski definition) is 1. The van der Waals surface area contributed by atoms with Crippen molar-refractivity contribution >= 4 is 24.0 Å². The molecule has 1 saturated heterocycles. The van der Waals surface area contributed by atoms with Crippen molar-refractivity contribution in [2.75, 3.05) is 19.6 Å². The minimum absolute atomic E-state index is 0. The highest BCUT2D eigenvalue weighted by Crippen LogP contribution is 2.08. The third-order valence-corrected chi connectivity index (χ3v) is 3.31. The number of carbonyl (C=O) groups is 1. The van der Waals surface area contributed by atoms with Gasteiger partial charge in [-0.2, -0.15) is 0 Å². The molecule has 2 heterocycles. The molecule has 1 aliphatic rings. The topological polar surface area (TPSA) is 97.5 Å². The third kappa shape index (κ3) is 4.02. The average molecular weight is 317 g/mol. The van der Waals surface area contributed by atoms with Crippen molar-refractivity contribution in [3.8, 4) is 0 Å². The molecule has 9 heteroatoms. The zero-order valence-corrected chi connectivity index (χ0v) is 12.3. The van der Waals surface area contributed by atoms with E-state index < -0.39 is 10.5 Å². The Morgan fingerprint density at radius 2 is 2.24 bits per heavy atom. The van der Waals surface area contributed by atoms with E-state index in [1.165, 1.54) is 0 Å². The van der Waals surface area contributed by atoms with Crippen molar-refractivity contribution in [2.24, 2.45) is 0 Å². The number of nitrogens with zero attached hydrogens (tertiary/aromatic N) is 3. The summed E-state index contributed by atoms with van der Waals surface area (Å²) in [6, 6.07) is 2.29. The van der Waals surface area contributed by atoms with Gasteiger partial charge < -0.3 is 10.2 Å². The molecule has 1 amide bonds. The average Bonchev–Trinajstić information content (AvgIpc) is 2.41. The Hall–Kier alpha value is -1.93. The minimum atomic E-state index is -0.589. The SMILES string of the molecule is C[C@H]1CNCCN1C(=O)Cn1cc([N+](=O)[O-])ccc1=O.Cl. The van der Waals surface area contributed by atoms with Crippen molar-refractivity contribution in [1.29, 1.82) is 0 Å². The summed E-state index contributed by atoms with van der Waals surface area (Å²) in [6.07, 6.45) is 1.10. The Labute approximate surface area is 127 Å². The smallest absolute Gasteiger partial charge is 0.285 e. The molecule has 116 valence electrons. The van der Waals surface area contributed by atoms with Gasteiger partial charge in [-0.3, -0.25) is 24.3 Å². The molecule has 1 atom stereocenters. The van der Waals surface area contributed by atoms with Crippen LogP contribution in [0.2, 0.25) is 0 Å². The number of halogens is 1. The van der Waals surface area contributed by atoms with Crippen LogP contribution in [-0.2, 0) is 11.3 Å². The number of nitro groups is 1. The van der Waals surface area contributed by atoms with Gasteiger partial charge >= 0.3 is 0 Å². The Kier molecular flexibility index (Phi) is 5.86. The van der Waals surface area contributed by atoms with Gasteiger partial charge in [0.15, 0.2) is 0 Å². The van der Waals surface area contributed by atoms with Crippen molar-refractivity contribution in [2.45, 2.75) is 19.5 Å². The predicted molar refractivity (Wildman–Crippen MR) is 78.6 cm³/mol. The van der Waals surface area contributed by atoms with Crippen molar-refractivity contribution in [3.05, 3.63) is 38.8 Å². The number of aromatic nitrogens is 1. The summed E-state index contributed by atoms with van der Waals surface area (Å²) < 4.78 is 1.08. The van der Waals surface area contributed by atoms with Crippen LogP contribution in [-0.4, -0.2) is 46.0 Å². The quantitative estimate of drug-likeness (QED) is 0.625. The third-order valence-electron chi connectivity index (χ3n) is 3.31. The molecule has 0 saturated carbocycles. The number of rotatable bonds is 3. The number of hydrogen-bond acceptors (Lipinski definition) is 5. The molecular weight excluding hydrogens is 300 g/mol. The van der Waals surface area contributed by atoms with E-state index in [4.69, 9.17) is 0 Å². The van der Waals surface area contributed by atoms with Crippen LogP contribution < -0.4 is 10.9 Å². The molecule has 1 aliphatic heterocycles. The Bertz CT molecular complexity index is 589. The Balaban J connectivity index is 0.00000220. The van der Waals surface area contributed by atoms with Gasteiger partial charge in [-0.15, -0.1) is 12.4 Å².